The van der Waals surface area contributed by atoms with Crippen LogP contribution >= 0.6 is 0 Å². The lowest BCUT2D eigenvalue weighted by atomic mass is 10.4. The molecule has 0 saturated carbocycles. The van der Waals surface area contributed by atoms with Crippen molar-refractivity contribution in [3.63, 3.8) is 0 Å². The van der Waals surface area contributed by atoms with Gasteiger partial charge in [-0.25, -0.2) is 0 Å². The molecule has 0 bridgehead atoms. The first-order valence-electron chi connectivity index (χ1n) is 3.13. The van der Waals surface area contributed by atoms with Gasteiger partial charge in [0, 0.05) is 6.07 Å². The van der Waals surface area contributed by atoms with E-state index in [-0.39, 0.29) is 6.54 Å². The second kappa shape index (κ2) is 3.01. The van der Waals surface area contributed by atoms with E-state index < -0.39 is 5.97 Å². The first-order chi connectivity index (χ1) is 5.18. The van der Waals surface area contributed by atoms with Crippen LogP contribution in [0.5, 0.6) is 0 Å². The maximum absolute atomic E-state index is 10.1. The Morgan fingerprint density at radius 3 is 3.00 bits per heavy atom. The number of aromatic nitrogens is 1. The summed E-state index contributed by atoms with van der Waals surface area (Å²) >= 11 is 0. The van der Waals surface area contributed by atoms with Crippen LogP contribution in [-0.4, -0.2) is 5.97 Å². The zero-order valence-electron chi connectivity index (χ0n) is 5.86. The van der Waals surface area contributed by atoms with Gasteiger partial charge in [-0.2, -0.15) is 4.57 Å². The third-order valence-electron chi connectivity index (χ3n) is 1.19. The monoisotopic (exact) mass is 152 g/mol. The number of hydrogen-bond donors (Lipinski definition) is 1. The first-order valence-corrected chi connectivity index (χ1v) is 3.13. The minimum atomic E-state index is -1.12. The van der Waals surface area contributed by atoms with E-state index in [0.717, 1.165) is 0 Å². The fourth-order valence-corrected chi connectivity index (χ4v) is 0.790. The lowest BCUT2D eigenvalue weighted by Gasteiger charge is -1.97. The molecule has 0 amide bonds. The molecule has 0 saturated heterocycles. The highest BCUT2D eigenvalue weighted by Crippen LogP contribution is 1.91. The predicted octanol–water partition coefficient (Wildman–Crippen LogP) is -1.69. The number of nitrogens with zero attached hydrogens (tertiary/aromatic N) is 1. The number of carboxylic acid groups (broad SMARTS) is 1. The summed E-state index contributed by atoms with van der Waals surface area (Å²) in [5.41, 5.74) is 5.94. The number of rotatable bonds is 2. The van der Waals surface area contributed by atoms with Crippen LogP contribution in [0.25, 0.3) is 0 Å². The minimum absolute atomic E-state index is 0.162. The van der Waals surface area contributed by atoms with Crippen molar-refractivity contribution in [2.24, 2.45) is 0 Å². The molecule has 0 spiro atoms. The molecule has 2 N–H and O–H groups in total. The van der Waals surface area contributed by atoms with Crippen LogP contribution in [0.3, 0.4) is 0 Å². The van der Waals surface area contributed by atoms with E-state index in [4.69, 9.17) is 5.73 Å². The number of anilines is 1. The number of carboxylic acids is 1. The predicted molar refractivity (Wildman–Crippen MR) is 36.1 cm³/mol. The Morgan fingerprint density at radius 2 is 2.45 bits per heavy atom. The molecule has 0 fully saturated rings. The number of nitrogens with two attached hydrogens (primary N) is 1. The van der Waals surface area contributed by atoms with Crippen LogP contribution in [0.1, 0.15) is 0 Å². The molecule has 1 aromatic rings. The van der Waals surface area contributed by atoms with E-state index in [2.05, 4.69) is 0 Å². The van der Waals surface area contributed by atoms with Gasteiger partial charge in [-0.15, -0.1) is 0 Å². The molecule has 0 unspecified atom stereocenters. The highest BCUT2D eigenvalue weighted by atomic mass is 16.4. The molecule has 1 aromatic heterocycles. The maximum Gasteiger partial charge on any atom is 0.192 e. The van der Waals surface area contributed by atoms with Gasteiger partial charge in [-0.3, -0.25) is 0 Å². The van der Waals surface area contributed by atoms with Gasteiger partial charge in [-0.05, 0) is 6.07 Å². The average Bonchev–Trinajstić information content (AvgIpc) is 1.85. The molecule has 0 radical (unpaired) electrons. The SMILES string of the molecule is Nc1ccc[n+](CC(=O)[O-])c1. The van der Waals surface area contributed by atoms with Crippen molar-refractivity contribution >= 4 is 11.7 Å². The van der Waals surface area contributed by atoms with E-state index in [1.807, 2.05) is 0 Å². The summed E-state index contributed by atoms with van der Waals surface area (Å²) in [6.07, 6.45) is 3.15. The summed E-state index contributed by atoms with van der Waals surface area (Å²) in [5, 5.41) is 10.1. The number of hydrogen-bond acceptors (Lipinski definition) is 3. The Balaban J connectivity index is 2.79. The van der Waals surface area contributed by atoms with Gasteiger partial charge >= 0.3 is 0 Å². The van der Waals surface area contributed by atoms with Crippen LogP contribution in [0.2, 0.25) is 0 Å². The van der Waals surface area contributed by atoms with Gasteiger partial charge < -0.3 is 15.6 Å². The van der Waals surface area contributed by atoms with Crippen LogP contribution < -0.4 is 15.4 Å². The summed E-state index contributed by atoms with van der Waals surface area (Å²) in [7, 11) is 0. The quantitative estimate of drug-likeness (QED) is 0.514. The van der Waals surface area contributed by atoms with Gasteiger partial charge in [0.1, 0.15) is 5.97 Å². The van der Waals surface area contributed by atoms with Crippen LogP contribution in [0.4, 0.5) is 5.69 Å². The number of carbonyl (C=O) groups excluding carboxylic acids is 1. The standard InChI is InChI=1S/C7H8N2O2/c8-6-2-1-3-9(4-6)5-7(10)11/h1-4H,5,8H2. The number of carbonyl (C=O) groups is 1. The summed E-state index contributed by atoms with van der Waals surface area (Å²) in [6, 6.07) is 3.37. The molecular weight excluding hydrogens is 144 g/mol. The maximum atomic E-state index is 10.1. The molecule has 58 valence electrons. The second-order valence-corrected chi connectivity index (χ2v) is 2.18. The Bertz CT molecular complexity index is 273. The molecule has 0 aliphatic carbocycles. The normalized spacial score (nSPS) is 9.45. The van der Waals surface area contributed by atoms with Crippen molar-refractivity contribution in [1.82, 2.24) is 0 Å². The molecule has 1 rings (SSSR count). The summed E-state index contributed by atoms with van der Waals surface area (Å²) in [4.78, 5) is 10.1. The zero-order chi connectivity index (χ0) is 8.27. The van der Waals surface area contributed by atoms with E-state index >= 15 is 0 Å². The lowest BCUT2D eigenvalue weighted by molar-refractivity contribution is -0.690. The average molecular weight is 152 g/mol. The molecule has 4 heteroatoms. The molecule has 0 aliphatic heterocycles. The summed E-state index contributed by atoms with van der Waals surface area (Å²) < 4.78 is 1.45. The van der Waals surface area contributed by atoms with Crippen LogP contribution in [-0.2, 0) is 11.3 Å². The Hall–Kier alpha value is -1.58. The first kappa shape index (κ1) is 7.53. The number of aliphatic carboxylic acids is 1. The van der Waals surface area contributed by atoms with Crippen molar-refractivity contribution in [2.45, 2.75) is 6.54 Å². The molecule has 0 aromatic carbocycles. The highest BCUT2D eigenvalue weighted by molar-refractivity contribution is 5.62. The minimum Gasteiger partial charge on any atom is -0.544 e. The van der Waals surface area contributed by atoms with E-state index in [0.29, 0.717) is 5.69 Å². The van der Waals surface area contributed by atoms with Crippen molar-refractivity contribution in [3.8, 4) is 0 Å². The van der Waals surface area contributed by atoms with Gasteiger partial charge in [0.05, 0.1) is 5.69 Å². The Morgan fingerprint density at radius 1 is 1.73 bits per heavy atom. The molecular formula is C7H8N2O2. The Kier molecular flexibility index (Phi) is 2.06. The van der Waals surface area contributed by atoms with Crippen molar-refractivity contribution in [3.05, 3.63) is 24.5 Å². The largest absolute Gasteiger partial charge is 0.544 e. The fraction of sp³-hybridized carbons (Fsp3) is 0.143. The van der Waals surface area contributed by atoms with Gasteiger partial charge in [0.15, 0.2) is 18.9 Å². The van der Waals surface area contributed by atoms with Gasteiger partial charge in [0.25, 0.3) is 0 Å². The van der Waals surface area contributed by atoms with Crippen LogP contribution in [0.15, 0.2) is 24.5 Å². The number of pyridine rings is 1. The smallest absolute Gasteiger partial charge is 0.192 e. The lowest BCUT2D eigenvalue weighted by Crippen LogP contribution is -2.43. The van der Waals surface area contributed by atoms with Crippen LogP contribution in [0, 0.1) is 0 Å². The fourth-order valence-electron chi connectivity index (χ4n) is 0.790. The molecule has 11 heavy (non-hydrogen) atoms. The topological polar surface area (TPSA) is 70.0 Å². The van der Waals surface area contributed by atoms with E-state index in [9.17, 15) is 9.90 Å². The third-order valence-corrected chi connectivity index (χ3v) is 1.19. The van der Waals surface area contributed by atoms with Gasteiger partial charge in [-0.1, -0.05) is 0 Å². The Labute approximate surface area is 63.9 Å². The summed E-state index contributed by atoms with van der Waals surface area (Å²) in [6.45, 7) is -0.162. The highest BCUT2D eigenvalue weighted by Gasteiger charge is 1.98. The van der Waals surface area contributed by atoms with Crippen molar-refractivity contribution in [1.29, 1.82) is 0 Å². The van der Waals surface area contributed by atoms with Gasteiger partial charge in [0.2, 0.25) is 0 Å². The van der Waals surface area contributed by atoms with E-state index in [1.54, 1.807) is 18.3 Å². The van der Waals surface area contributed by atoms with Crippen molar-refractivity contribution < 1.29 is 14.5 Å². The molecule has 0 atom stereocenters. The third kappa shape index (κ3) is 2.25. The summed E-state index contributed by atoms with van der Waals surface area (Å²) in [5.74, 6) is -1.12. The molecule has 0 aliphatic rings. The van der Waals surface area contributed by atoms with E-state index in [1.165, 1.54) is 10.8 Å². The zero-order valence-corrected chi connectivity index (χ0v) is 5.86. The van der Waals surface area contributed by atoms with Crippen molar-refractivity contribution in [2.75, 3.05) is 5.73 Å². The number of nitrogen functional groups attached to an aromatic ring is 1. The molecule has 4 nitrogen and oxygen atoms in total. The molecule has 1 heterocycles. The second-order valence-electron chi connectivity index (χ2n) is 2.18.